The Bertz CT molecular complexity index is 556. The Morgan fingerprint density at radius 3 is 2.86 bits per heavy atom. The Labute approximate surface area is 127 Å². The van der Waals surface area contributed by atoms with Crippen LogP contribution in [0.1, 0.15) is 30.1 Å². The number of nitro benzene ring substituents is 1. The summed E-state index contributed by atoms with van der Waals surface area (Å²) < 4.78 is 0.0941. The van der Waals surface area contributed by atoms with Crippen LogP contribution in [-0.4, -0.2) is 34.9 Å². The summed E-state index contributed by atoms with van der Waals surface area (Å²) in [7, 11) is 1.53. The van der Waals surface area contributed by atoms with E-state index >= 15 is 0 Å². The first-order valence-electron chi connectivity index (χ1n) is 6.83. The van der Waals surface area contributed by atoms with Crippen LogP contribution in [0, 0.1) is 10.1 Å². The van der Waals surface area contributed by atoms with E-state index in [2.05, 4.69) is 17.6 Å². The highest BCUT2D eigenvalue weighted by atomic mass is 32.2. The molecule has 1 aliphatic rings. The van der Waals surface area contributed by atoms with E-state index in [0.717, 1.165) is 12.2 Å². The van der Waals surface area contributed by atoms with E-state index in [4.69, 9.17) is 0 Å². The van der Waals surface area contributed by atoms with E-state index in [1.807, 2.05) is 11.8 Å². The summed E-state index contributed by atoms with van der Waals surface area (Å²) in [6, 6.07) is 4.38. The summed E-state index contributed by atoms with van der Waals surface area (Å²) in [5.74, 6) is 0.868. The summed E-state index contributed by atoms with van der Waals surface area (Å²) in [6.45, 7) is 2.81. The molecule has 0 aromatic heterocycles. The average molecular weight is 309 g/mol. The van der Waals surface area contributed by atoms with Crippen molar-refractivity contribution in [1.29, 1.82) is 0 Å². The highest BCUT2D eigenvalue weighted by molar-refractivity contribution is 8.00. The molecule has 1 saturated heterocycles. The van der Waals surface area contributed by atoms with Gasteiger partial charge in [0.05, 0.1) is 4.92 Å². The minimum atomic E-state index is -0.430. The van der Waals surface area contributed by atoms with E-state index in [9.17, 15) is 14.9 Å². The summed E-state index contributed by atoms with van der Waals surface area (Å²) in [6.07, 6.45) is 2.26. The zero-order valence-corrected chi connectivity index (χ0v) is 13.0. The fraction of sp³-hybridized carbons (Fsp3) is 0.500. The Morgan fingerprint density at radius 2 is 2.29 bits per heavy atom. The van der Waals surface area contributed by atoms with Gasteiger partial charge in [-0.1, -0.05) is 0 Å². The molecule has 2 rings (SSSR count). The van der Waals surface area contributed by atoms with Gasteiger partial charge in [0.25, 0.3) is 11.6 Å². The number of nitrogens with one attached hydrogen (secondary N) is 2. The van der Waals surface area contributed by atoms with Crippen LogP contribution < -0.4 is 10.6 Å². The van der Waals surface area contributed by atoms with E-state index in [1.54, 1.807) is 6.07 Å². The molecule has 1 atom stereocenters. The third-order valence-electron chi connectivity index (χ3n) is 3.64. The number of benzene rings is 1. The summed E-state index contributed by atoms with van der Waals surface area (Å²) >= 11 is 1.88. The number of thioether (sulfide) groups is 1. The summed E-state index contributed by atoms with van der Waals surface area (Å²) in [5.41, 5.74) is 0.805. The predicted octanol–water partition coefficient (Wildman–Crippen LogP) is 2.65. The maximum Gasteiger partial charge on any atom is 0.292 e. The van der Waals surface area contributed by atoms with Crippen LogP contribution in [0.2, 0.25) is 0 Å². The molecular formula is C14H19N3O3S. The normalized spacial score (nSPS) is 21.0. The molecule has 0 radical (unpaired) electrons. The van der Waals surface area contributed by atoms with Crippen LogP contribution in [0.3, 0.4) is 0 Å². The first kappa shape index (κ1) is 15.6. The van der Waals surface area contributed by atoms with Crippen molar-refractivity contribution in [3.8, 4) is 0 Å². The molecule has 0 aliphatic carbocycles. The molecule has 2 N–H and O–H groups in total. The Morgan fingerprint density at radius 1 is 1.52 bits per heavy atom. The van der Waals surface area contributed by atoms with Gasteiger partial charge in [-0.2, -0.15) is 11.8 Å². The minimum absolute atomic E-state index is 0.00532. The van der Waals surface area contributed by atoms with Gasteiger partial charge in [0, 0.05) is 30.0 Å². The Hall–Kier alpha value is -1.76. The van der Waals surface area contributed by atoms with Gasteiger partial charge in [-0.05, 0) is 37.7 Å². The van der Waals surface area contributed by atoms with E-state index < -0.39 is 4.92 Å². The first-order chi connectivity index (χ1) is 9.95. The molecule has 7 heteroatoms. The molecular weight excluding hydrogens is 290 g/mol. The van der Waals surface area contributed by atoms with Crippen molar-refractivity contribution < 1.29 is 9.72 Å². The number of anilines is 1. The predicted molar refractivity (Wildman–Crippen MR) is 85.1 cm³/mol. The number of carbonyl (C=O) groups is 1. The molecule has 1 aliphatic heterocycles. The molecule has 0 saturated carbocycles. The van der Waals surface area contributed by atoms with Crippen LogP contribution in [0.15, 0.2) is 18.2 Å². The average Bonchev–Trinajstić information content (AvgIpc) is 2.91. The molecule has 21 heavy (non-hydrogen) atoms. The molecule has 6 nitrogen and oxygen atoms in total. The number of nitrogens with zero attached hydrogens (tertiary/aromatic N) is 1. The van der Waals surface area contributed by atoms with Crippen LogP contribution in [0.4, 0.5) is 11.4 Å². The van der Waals surface area contributed by atoms with Crippen molar-refractivity contribution in [2.24, 2.45) is 0 Å². The van der Waals surface area contributed by atoms with Crippen molar-refractivity contribution in [2.75, 3.05) is 24.7 Å². The fourth-order valence-electron chi connectivity index (χ4n) is 2.38. The lowest BCUT2D eigenvalue weighted by molar-refractivity contribution is -0.384. The molecule has 1 amide bonds. The second-order valence-corrected chi connectivity index (χ2v) is 7.01. The zero-order valence-electron chi connectivity index (χ0n) is 12.1. The van der Waals surface area contributed by atoms with Crippen LogP contribution in [0.5, 0.6) is 0 Å². The number of hydrogen-bond donors (Lipinski definition) is 2. The number of nitro groups is 1. The molecule has 0 bridgehead atoms. The van der Waals surface area contributed by atoms with Crippen molar-refractivity contribution in [1.82, 2.24) is 5.32 Å². The molecule has 1 unspecified atom stereocenters. The number of rotatable bonds is 5. The highest BCUT2D eigenvalue weighted by Crippen LogP contribution is 2.38. The number of amides is 1. The lowest BCUT2D eigenvalue weighted by atomic mass is 10.1. The lowest BCUT2D eigenvalue weighted by Gasteiger charge is -2.23. The third-order valence-corrected chi connectivity index (χ3v) is 5.17. The Kier molecular flexibility index (Phi) is 4.72. The van der Waals surface area contributed by atoms with Gasteiger partial charge >= 0.3 is 0 Å². The van der Waals surface area contributed by atoms with Crippen LogP contribution in [0.25, 0.3) is 0 Å². The van der Waals surface area contributed by atoms with Crippen LogP contribution >= 0.6 is 11.8 Å². The first-order valence-corrected chi connectivity index (χ1v) is 7.82. The van der Waals surface area contributed by atoms with Crippen molar-refractivity contribution in [3.05, 3.63) is 33.9 Å². The van der Waals surface area contributed by atoms with Gasteiger partial charge in [-0.15, -0.1) is 0 Å². The second-order valence-electron chi connectivity index (χ2n) is 5.32. The third kappa shape index (κ3) is 3.66. The molecule has 0 spiro atoms. The molecule has 1 heterocycles. The van der Waals surface area contributed by atoms with Crippen molar-refractivity contribution >= 4 is 29.0 Å². The largest absolute Gasteiger partial charge is 0.378 e. The molecule has 114 valence electrons. The van der Waals surface area contributed by atoms with Gasteiger partial charge in [0.15, 0.2) is 0 Å². The van der Waals surface area contributed by atoms with E-state index in [-0.39, 0.29) is 16.3 Å². The lowest BCUT2D eigenvalue weighted by Crippen LogP contribution is -2.27. The van der Waals surface area contributed by atoms with Crippen molar-refractivity contribution in [3.63, 3.8) is 0 Å². The SMILES string of the molecule is CNC(=O)c1ccc([N+](=O)[O-])c(NCC2(C)CCCS2)c1. The monoisotopic (exact) mass is 309 g/mol. The minimum Gasteiger partial charge on any atom is -0.378 e. The van der Waals surface area contributed by atoms with Gasteiger partial charge in [-0.3, -0.25) is 14.9 Å². The summed E-state index contributed by atoms with van der Waals surface area (Å²) in [4.78, 5) is 22.3. The highest BCUT2D eigenvalue weighted by Gasteiger charge is 2.30. The fourth-order valence-corrected chi connectivity index (χ4v) is 3.63. The molecule has 1 fully saturated rings. The van der Waals surface area contributed by atoms with Crippen LogP contribution in [-0.2, 0) is 0 Å². The quantitative estimate of drug-likeness (QED) is 0.645. The van der Waals surface area contributed by atoms with Gasteiger partial charge in [-0.25, -0.2) is 0 Å². The number of carbonyl (C=O) groups excluding carboxylic acids is 1. The van der Waals surface area contributed by atoms with Crippen molar-refractivity contribution in [2.45, 2.75) is 24.5 Å². The Balaban J connectivity index is 2.22. The van der Waals surface area contributed by atoms with E-state index in [1.165, 1.54) is 25.6 Å². The maximum atomic E-state index is 11.7. The van der Waals surface area contributed by atoms with Gasteiger partial charge < -0.3 is 10.6 Å². The maximum absolute atomic E-state index is 11.7. The standard InChI is InChI=1S/C14H19N3O3S/c1-14(6-3-7-21-14)9-16-11-8-10(13(18)15-2)4-5-12(11)17(19)20/h4-5,8,16H,3,6-7,9H2,1-2H3,(H,15,18). The van der Waals surface area contributed by atoms with E-state index in [0.29, 0.717) is 17.8 Å². The smallest absolute Gasteiger partial charge is 0.292 e. The zero-order chi connectivity index (χ0) is 15.5. The molecule has 1 aromatic rings. The molecule has 1 aromatic carbocycles. The summed E-state index contributed by atoms with van der Waals surface area (Å²) in [5, 5.41) is 16.8. The second kappa shape index (κ2) is 6.34. The van der Waals surface area contributed by atoms with Gasteiger partial charge in [0.2, 0.25) is 0 Å². The van der Waals surface area contributed by atoms with Gasteiger partial charge in [0.1, 0.15) is 5.69 Å². The number of hydrogen-bond acceptors (Lipinski definition) is 5. The topological polar surface area (TPSA) is 84.3 Å².